The van der Waals surface area contributed by atoms with Gasteiger partial charge in [0.25, 0.3) is 0 Å². The van der Waals surface area contributed by atoms with Crippen molar-refractivity contribution in [2.24, 2.45) is 34.8 Å². The number of Topliss-reactive ketones (excluding diaryl/α,β-unsaturated/α-hetero) is 1. The summed E-state index contributed by atoms with van der Waals surface area (Å²) in [6.45, 7) is 10.9. The molecule has 9 nitrogen and oxygen atoms in total. The van der Waals surface area contributed by atoms with Gasteiger partial charge in [0, 0.05) is 25.2 Å². The zero-order chi connectivity index (χ0) is 25.5. The van der Waals surface area contributed by atoms with Crippen molar-refractivity contribution >= 4 is 24.7 Å². The number of amides is 2. The molecule has 3 saturated carbocycles. The Labute approximate surface area is 207 Å². The van der Waals surface area contributed by atoms with Gasteiger partial charge in [0.15, 0.2) is 5.78 Å². The summed E-state index contributed by atoms with van der Waals surface area (Å²) >= 11 is 0. The average Bonchev–Trinajstić information content (AvgIpc) is 3.15. The number of ketones is 1. The average molecular weight is 484 g/mol. The first-order valence-electron chi connectivity index (χ1n) is 12.6. The highest BCUT2D eigenvalue weighted by molar-refractivity contribution is 6.47. The second-order valence-electron chi connectivity index (χ2n) is 11.7. The zero-order valence-electron chi connectivity index (χ0n) is 21.3. The van der Waals surface area contributed by atoms with E-state index in [0.29, 0.717) is 18.3 Å². The Kier molecular flexibility index (Phi) is 7.08. The van der Waals surface area contributed by atoms with Crippen molar-refractivity contribution in [2.45, 2.75) is 84.4 Å². The van der Waals surface area contributed by atoms with Crippen LogP contribution in [0.3, 0.4) is 0 Å². The number of rotatable bonds is 10. The van der Waals surface area contributed by atoms with Crippen molar-refractivity contribution in [1.29, 1.82) is 0 Å². The number of hydrogen-bond acceptors (Lipinski definition) is 7. The standard InChI is InChI=1S/C25H37BN4O5/c1-14(2)8-21(26-34-20-12-16-11-19(24(16,3)4)25(20,5)35-26)30-23(33)15(10-22(27)32)9-18(31)17-13-28-6-7-29-17/h6-7,13-16,19-21H,8-12H2,1-5H3,(H2,27,32)(H,30,33)/t15-,16-,19-,20+,21-,25-/m0/s1. The molecule has 35 heavy (non-hydrogen) atoms. The van der Waals surface area contributed by atoms with E-state index in [1.165, 1.54) is 18.6 Å². The van der Waals surface area contributed by atoms with Crippen LogP contribution in [0.5, 0.6) is 0 Å². The van der Waals surface area contributed by atoms with E-state index in [-0.39, 0.29) is 41.8 Å². The van der Waals surface area contributed by atoms with Gasteiger partial charge in [0.05, 0.1) is 29.8 Å². The molecule has 3 N–H and O–H groups in total. The van der Waals surface area contributed by atoms with Gasteiger partial charge in [-0.25, -0.2) is 4.98 Å². The number of hydrogen-bond donors (Lipinski definition) is 2. The summed E-state index contributed by atoms with van der Waals surface area (Å²) in [7, 11) is -0.587. The van der Waals surface area contributed by atoms with Crippen molar-refractivity contribution in [3.8, 4) is 0 Å². The number of nitrogens with one attached hydrogen (secondary N) is 1. The molecule has 190 valence electrons. The summed E-state index contributed by atoms with van der Waals surface area (Å²) in [5.41, 5.74) is 5.39. The molecule has 1 aliphatic heterocycles. The molecule has 4 aliphatic rings. The van der Waals surface area contributed by atoms with E-state index < -0.39 is 36.4 Å². The molecule has 2 amide bonds. The van der Waals surface area contributed by atoms with Crippen LogP contribution < -0.4 is 11.1 Å². The largest absolute Gasteiger partial charge is 0.481 e. The van der Waals surface area contributed by atoms with Crippen molar-refractivity contribution in [2.75, 3.05) is 0 Å². The van der Waals surface area contributed by atoms with Crippen LogP contribution in [0.2, 0.25) is 0 Å². The first-order valence-corrected chi connectivity index (χ1v) is 12.6. The lowest BCUT2D eigenvalue weighted by Gasteiger charge is -2.64. The summed E-state index contributed by atoms with van der Waals surface area (Å²) in [4.78, 5) is 45.7. The molecule has 4 fully saturated rings. The molecule has 3 aliphatic carbocycles. The molecular formula is C25H37BN4O5. The molecule has 1 aromatic heterocycles. The van der Waals surface area contributed by atoms with Gasteiger partial charge in [0.2, 0.25) is 11.8 Å². The highest BCUT2D eigenvalue weighted by atomic mass is 16.7. The van der Waals surface area contributed by atoms with Crippen molar-refractivity contribution in [3.63, 3.8) is 0 Å². The highest BCUT2D eigenvalue weighted by Gasteiger charge is 2.68. The highest BCUT2D eigenvalue weighted by Crippen LogP contribution is 2.65. The van der Waals surface area contributed by atoms with Crippen molar-refractivity contribution < 1.29 is 23.7 Å². The van der Waals surface area contributed by atoms with Gasteiger partial charge in [-0.05, 0) is 49.4 Å². The smallest absolute Gasteiger partial charge is 0.404 e. The fourth-order valence-corrected chi connectivity index (χ4v) is 6.39. The molecule has 2 bridgehead atoms. The van der Waals surface area contributed by atoms with E-state index in [9.17, 15) is 14.4 Å². The predicted octanol–water partition coefficient (Wildman–Crippen LogP) is 2.34. The summed E-state index contributed by atoms with van der Waals surface area (Å²) in [5.74, 6) is -1.45. The minimum atomic E-state index is -0.914. The second kappa shape index (κ2) is 9.62. The molecule has 0 radical (unpaired) electrons. The summed E-state index contributed by atoms with van der Waals surface area (Å²) < 4.78 is 13.0. The van der Waals surface area contributed by atoms with Crippen LogP contribution >= 0.6 is 0 Å². The molecule has 6 atom stereocenters. The lowest BCUT2D eigenvalue weighted by molar-refractivity contribution is -0.199. The van der Waals surface area contributed by atoms with E-state index in [1.807, 2.05) is 0 Å². The minimum Gasteiger partial charge on any atom is -0.404 e. The van der Waals surface area contributed by atoms with E-state index in [4.69, 9.17) is 15.0 Å². The van der Waals surface area contributed by atoms with Crippen LogP contribution in [0.4, 0.5) is 0 Å². The molecule has 1 aromatic rings. The Bertz CT molecular complexity index is 974. The molecule has 5 rings (SSSR count). The number of aromatic nitrogens is 2. The molecular weight excluding hydrogens is 447 g/mol. The Morgan fingerprint density at radius 3 is 2.54 bits per heavy atom. The maximum Gasteiger partial charge on any atom is 0.481 e. The summed E-state index contributed by atoms with van der Waals surface area (Å²) in [6, 6.07) is 0. The lowest BCUT2D eigenvalue weighted by Crippen LogP contribution is -2.65. The third kappa shape index (κ3) is 5.00. The third-order valence-electron chi connectivity index (χ3n) is 8.45. The maximum atomic E-state index is 13.3. The first kappa shape index (κ1) is 25.8. The van der Waals surface area contributed by atoms with E-state index >= 15 is 0 Å². The van der Waals surface area contributed by atoms with E-state index in [1.54, 1.807) is 0 Å². The van der Waals surface area contributed by atoms with Gasteiger partial charge in [-0.2, -0.15) is 0 Å². The first-order chi connectivity index (χ1) is 16.4. The molecule has 10 heteroatoms. The Morgan fingerprint density at radius 2 is 1.94 bits per heavy atom. The molecule has 0 unspecified atom stereocenters. The van der Waals surface area contributed by atoms with Crippen LogP contribution in [-0.2, 0) is 18.9 Å². The van der Waals surface area contributed by atoms with E-state index in [2.05, 4.69) is 49.9 Å². The van der Waals surface area contributed by atoms with Gasteiger partial charge in [-0.15, -0.1) is 0 Å². The molecule has 0 spiro atoms. The normalized spacial score (nSPS) is 30.2. The minimum absolute atomic E-state index is 0.00418. The van der Waals surface area contributed by atoms with Crippen molar-refractivity contribution in [3.05, 3.63) is 24.3 Å². The Balaban J connectivity index is 1.48. The number of carbonyl (C=O) groups is 3. The number of nitrogens with two attached hydrogens (primary N) is 1. The van der Waals surface area contributed by atoms with Gasteiger partial charge in [-0.3, -0.25) is 19.4 Å². The van der Waals surface area contributed by atoms with Gasteiger partial charge >= 0.3 is 7.12 Å². The SMILES string of the molecule is CC(C)C[C@H](NC(=O)[C@H](CC(N)=O)CC(=O)c1cnccn1)B1O[C@@H]2C[C@@H]3C[C@@H](C3(C)C)[C@]2(C)O1. The topological polar surface area (TPSA) is 134 Å². The van der Waals surface area contributed by atoms with Gasteiger partial charge < -0.3 is 20.4 Å². The number of primary amides is 1. The third-order valence-corrected chi connectivity index (χ3v) is 8.45. The fourth-order valence-electron chi connectivity index (χ4n) is 6.39. The maximum absolute atomic E-state index is 13.3. The molecule has 1 saturated heterocycles. The van der Waals surface area contributed by atoms with Gasteiger partial charge in [0.1, 0.15) is 5.69 Å². The van der Waals surface area contributed by atoms with Crippen LogP contribution in [0.15, 0.2) is 18.6 Å². The predicted molar refractivity (Wildman–Crippen MR) is 130 cm³/mol. The molecule has 2 heterocycles. The monoisotopic (exact) mass is 484 g/mol. The quantitative estimate of drug-likeness (QED) is 0.385. The van der Waals surface area contributed by atoms with Crippen LogP contribution in [0.25, 0.3) is 0 Å². The number of carbonyl (C=O) groups excluding carboxylic acids is 3. The van der Waals surface area contributed by atoms with Gasteiger partial charge in [-0.1, -0.05) is 27.7 Å². The number of nitrogens with zero attached hydrogens (tertiary/aromatic N) is 2. The Morgan fingerprint density at radius 1 is 1.20 bits per heavy atom. The molecule has 0 aromatic carbocycles. The van der Waals surface area contributed by atoms with Crippen LogP contribution in [-0.4, -0.2) is 52.3 Å². The van der Waals surface area contributed by atoms with Crippen LogP contribution in [0.1, 0.15) is 77.2 Å². The summed E-state index contributed by atoms with van der Waals surface area (Å²) in [6.07, 6.45) is 6.52. The van der Waals surface area contributed by atoms with Crippen LogP contribution in [0, 0.1) is 29.1 Å². The Hall–Kier alpha value is -2.33. The van der Waals surface area contributed by atoms with E-state index in [0.717, 1.165) is 12.8 Å². The second-order valence-corrected chi connectivity index (χ2v) is 11.7. The zero-order valence-corrected chi connectivity index (χ0v) is 21.3. The summed E-state index contributed by atoms with van der Waals surface area (Å²) in [5, 5.41) is 3.04. The van der Waals surface area contributed by atoms with Crippen molar-refractivity contribution in [1.82, 2.24) is 15.3 Å². The fraction of sp³-hybridized carbons (Fsp3) is 0.720. The lowest BCUT2D eigenvalue weighted by atomic mass is 9.43.